The lowest BCUT2D eigenvalue weighted by molar-refractivity contribution is 0.0946. The molecule has 80 valence electrons. The summed E-state index contributed by atoms with van der Waals surface area (Å²) >= 11 is 2.94. The van der Waals surface area contributed by atoms with Crippen LogP contribution in [0.25, 0.3) is 0 Å². The van der Waals surface area contributed by atoms with E-state index in [9.17, 15) is 14.0 Å². The first-order chi connectivity index (χ1) is 7.11. The third-order valence-corrected chi connectivity index (χ3v) is 2.39. The van der Waals surface area contributed by atoms with Gasteiger partial charge in [-0.3, -0.25) is 9.59 Å². The number of carbonyl (C=O) groups is 2. The van der Waals surface area contributed by atoms with Gasteiger partial charge in [0.2, 0.25) is 0 Å². The normalized spacial score (nSPS) is 9.80. The Balaban J connectivity index is 3.32. The molecule has 5 heteroatoms. The van der Waals surface area contributed by atoms with Crippen molar-refractivity contribution in [1.82, 2.24) is 5.32 Å². The molecule has 0 radical (unpaired) electrons. The van der Waals surface area contributed by atoms with Gasteiger partial charge in [-0.25, -0.2) is 4.39 Å². The lowest BCUT2D eigenvalue weighted by Crippen LogP contribution is -2.22. The molecular weight excluding hydrogens is 265 g/mol. The van der Waals surface area contributed by atoms with Gasteiger partial charge in [-0.1, -0.05) is 22.0 Å². The molecule has 0 atom stereocenters. The van der Waals surface area contributed by atoms with Crippen LogP contribution >= 0.6 is 15.9 Å². The maximum Gasteiger partial charge on any atom is 0.251 e. The van der Waals surface area contributed by atoms with E-state index in [4.69, 9.17) is 0 Å². The van der Waals surface area contributed by atoms with Crippen molar-refractivity contribution in [3.05, 3.63) is 35.1 Å². The molecule has 0 heterocycles. The molecule has 1 amide bonds. The molecule has 0 spiro atoms. The first-order valence-electron chi connectivity index (χ1n) is 4.21. The zero-order valence-corrected chi connectivity index (χ0v) is 9.60. The summed E-state index contributed by atoms with van der Waals surface area (Å²) in [6.45, 7) is 0. The minimum absolute atomic E-state index is 0.0159. The minimum Gasteiger partial charge on any atom is -0.355 e. The smallest absolute Gasteiger partial charge is 0.251 e. The fourth-order valence-corrected chi connectivity index (χ4v) is 1.48. The van der Waals surface area contributed by atoms with E-state index in [0.717, 1.165) is 6.07 Å². The number of hydrogen-bond acceptors (Lipinski definition) is 2. The summed E-state index contributed by atoms with van der Waals surface area (Å²) in [5.41, 5.74) is -0.115. The number of amides is 1. The van der Waals surface area contributed by atoms with E-state index in [0.29, 0.717) is 0 Å². The molecule has 0 unspecified atom stereocenters. The van der Waals surface area contributed by atoms with Gasteiger partial charge in [0.15, 0.2) is 5.78 Å². The number of carbonyl (C=O) groups excluding carboxylic acids is 2. The molecule has 0 aromatic heterocycles. The van der Waals surface area contributed by atoms with Crippen LogP contribution in [0.3, 0.4) is 0 Å². The summed E-state index contributed by atoms with van der Waals surface area (Å²) in [4.78, 5) is 22.8. The van der Waals surface area contributed by atoms with Crippen LogP contribution in [-0.4, -0.2) is 24.1 Å². The van der Waals surface area contributed by atoms with Crippen LogP contribution in [0.1, 0.15) is 20.7 Å². The number of ketones is 1. The quantitative estimate of drug-likeness (QED) is 0.674. The van der Waals surface area contributed by atoms with Gasteiger partial charge in [-0.05, 0) is 12.1 Å². The summed E-state index contributed by atoms with van der Waals surface area (Å²) in [5, 5.41) is 2.34. The number of rotatable bonds is 3. The summed E-state index contributed by atoms with van der Waals surface area (Å²) in [6, 6.07) is 3.96. The van der Waals surface area contributed by atoms with Crippen molar-refractivity contribution >= 4 is 27.6 Å². The number of alkyl halides is 1. The van der Waals surface area contributed by atoms with Crippen molar-refractivity contribution in [2.24, 2.45) is 0 Å². The minimum atomic E-state index is -0.680. The molecule has 0 fully saturated rings. The average Bonchev–Trinajstić information content (AvgIpc) is 2.26. The molecular formula is C10H9BrFNO2. The Morgan fingerprint density at radius 1 is 1.47 bits per heavy atom. The zero-order valence-electron chi connectivity index (χ0n) is 8.01. The van der Waals surface area contributed by atoms with Crippen LogP contribution in [0.15, 0.2) is 18.2 Å². The van der Waals surface area contributed by atoms with E-state index >= 15 is 0 Å². The Hall–Kier alpha value is -1.23. The Morgan fingerprint density at radius 3 is 2.67 bits per heavy atom. The van der Waals surface area contributed by atoms with Gasteiger partial charge >= 0.3 is 0 Å². The van der Waals surface area contributed by atoms with Gasteiger partial charge in [-0.15, -0.1) is 0 Å². The largest absolute Gasteiger partial charge is 0.355 e. The van der Waals surface area contributed by atoms with Crippen molar-refractivity contribution < 1.29 is 14.0 Å². The van der Waals surface area contributed by atoms with E-state index < -0.39 is 17.5 Å². The Bertz CT molecular complexity index is 406. The predicted octanol–water partition coefficient (Wildman–Crippen LogP) is 1.76. The van der Waals surface area contributed by atoms with Gasteiger partial charge in [0.25, 0.3) is 5.91 Å². The van der Waals surface area contributed by atoms with Gasteiger partial charge in [0.1, 0.15) is 5.82 Å². The lowest BCUT2D eigenvalue weighted by atomic mass is 10.0. The number of Topliss-reactive ketones (excluding diaryl/α,β-unsaturated/α-hetero) is 1. The van der Waals surface area contributed by atoms with E-state index in [1.54, 1.807) is 0 Å². The SMILES string of the molecule is CNC(=O)c1cccc(F)c1C(=O)CBr. The van der Waals surface area contributed by atoms with Crippen LogP contribution in [0.5, 0.6) is 0 Å². The fourth-order valence-electron chi connectivity index (χ4n) is 1.20. The highest BCUT2D eigenvalue weighted by Crippen LogP contribution is 2.15. The summed E-state index contributed by atoms with van der Waals surface area (Å²) in [5.74, 6) is -1.61. The van der Waals surface area contributed by atoms with Crippen LogP contribution < -0.4 is 5.32 Å². The Labute approximate surface area is 94.8 Å². The predicted molar refractivity (Wildman–Crippen MR) is 57.9 cm³/mol. The molecule has 0 aliphatic rings. The van der Waals surface area contributed by atoms with Gasteiger partial charge in [0, 0.05) is 7.05 Å². The third-order valence-electron chi connectivity index (χ3n) is 1.89. The van der Waals surface area contributed by atoms with E-state index in [1.165, 1.54) is 19.2 Å². The molecule has 0 aliphatic heterocycles. The molecule has 3 nitrogen and oxygen atoms in total. The van der Waals surface area contributed by atoms with Crippen molar-refractivity contribution in [1.29, 1.82) is 0 Å². The lowest BCUT2D eigenvalue weighted by Gasteiger charge is -2.06. The molecule has 0 aliphatic carbocycles. The first-order valence-corrected chi connectivity index (χ1v) is 5.33. The van der Waals surface area contributed by atoms with Gasteiger partial charge in [0.05, 0.1) is 16.5 Å². The van der Waals surface area contributed by atoms with E-state index in [-0.39, 0.29) is 16.5 Å². The maximum absolute atomic E-state index is 13.4. The fraction of sp³-hybridized carbons (Fsp3) is 0.200. The zero-order chi connectivity index (χ0) is 11.4. The summed E-state index contributed by atoms with van der Waals surface area (Å²) < 4.78 is 13.4. The molecule has 0 saturated carbocycles. The molecule has 1 rings (SSSR count). The highest BCUT2D eigenvalue weighted by atomic mass is 79.9. The molecule has 15 heavy (non-hydrogen) atoms. The van der Waals surface area contributed by atoms with E-state index in [2.05, 4.69) is 21.2 Å². The average molecular weight is 274 g/mol. The van der Waals surface area contributed by atoms with Crippen LogP contribution in [0.4, 0.5) is 4.39 Å². The van der Waals surface area contributed by atoms with E-state index in [1.807, 2.05) is 0 Å². The maximum atomic E-state index is 13.4. The Kier molecular flexibility index (Phi) is 3.96. The van der Waals surface area contributed by atoms with Crippen LogP contribution in [-0.2, 0) is 0 Å². The first kappa shape index (κ1) is 11.8. The highest BCUT2D eigenvalue weighted by molar-refractivity contribution is 9.09. The van der Waals surface area contributed by atoms with Crippen LogP contribution in [0, 0.1) is 5.82 Å². The second-order valence-electron chi connectivity index (χ2n) is 2.80. The Morgan fingerprint density at radius 2 is 2.13 bits per heavy atom. The molecule has 0 bridgehead atoms. The monoisotopic (exact) mass is 273 g/mol. The number of nitrogens with one attached hydrogen (secondary N) is 1. The molecule has 0 saturated heterocycles. The molecule has 1 N–H and O–H groups in total. The standard InChI is InChI=1S/C10H9BrFNO2/c1-13-10(15)6-3-2-4-7(12)9(6)8(14)5-11/h2-4H,5H2,1H3,(H,13,15). The molecule has 1 aromatic carbocycles. The van der Waals surface area contributed by atoms with Crippen LogP contribution in [0.2, 0.25) is 0 Å². The third kappa shape index (κ3) is 2.41. The van der Waals surface area contributed by atoms with Crippen molar-refractivity contribution in [3.8, 4) is 0 Å². The van der Waals surface area contributed by atoms with Gasteiger partial charge < -0.3 is 5.32 Å². The number of hydrogen-bond donors (Lipinski definition) is 1. The van der Waals surface area contributed by atoms with Crippen molar-refractivity contribution in [2.75, 3.05) is 12.4 Å². The van der Waals surface area contributed by atoms with Gasteiger partial charge in [-0.2, -0.15) is 0 Å². The second-order valence-corrected chi connectivity index (χ2v) is 3.36. The van der Waals surface area contributed by atoms with Crippen molar-refractivity contribution in [3.63, 3.8) is 0 Å². The summed E-state index contributed by atoms with van der Waals surface area (Å²) in [7, 11) is 1.43. The van der Waals surface area contributed by atoms with Crippen molar-refractivity contribution in [2.45, 2.75) is 0 Å². The second kappa shape index (κ2) is 5.02. The summed E-state index contributed by atoms with van der Waals surface area (Å²) in [6.07, 6.45) is 0. The topological polar surface area (TPSA) is 46.2 Å². The highest BCUT2D eigenvalue weighted by Gasteiger charge is 2.19. The number of halogens is 2. The number of benzene rings is 1. The molecule has 1 aromatic rings.